The number of amides is 1. The molecule has 7 nitrogen and oxygen atoms in total. The predicted octanol–water partition coefficient (Wildman–Crippen LogP) is 7.52. The lowest BCUT2D eigenvalue weighted by molar-refractivity contribution is -0.158. The second kappa shape index (κ2) is 16.7. The molecule has 0 fully saturated rings. The van der Waals surface area contributed by atoms with E-state index in [2.05, 4.69) is 25.7 Å². The monoisotopic (exact) mass is 525 g/mol. The largest absolute Gasteiger partial charge is 0.460 e. The molecule has 1 amide bonds. The van der Waals surface area contributed by atoms with Gasteiger partial charge in [-0.05, 0) is 64.7 Å². The topological polar surface area (TPSA) is 90.9 Å². The molecule has 0 spiro atoms. The minimum atomic E-state index is -0.641. The first-order chi connectivity index (χ1) is 17.0. The van der Waals surface area contributed by atoms with Crippen molar-refractivity contribution >= 4 is 18.0 Å². The lowest BCUT2D eigenvalue weighted by Crippen LogP contribution is -2.36. The highest BCUT2D eigenvalue weighted by atomic mass is 16.6. The van der Waals surface area contributed by atoms with Crippen LogP contribution in [-0.4, -0.2) is 42.4 Å². The predicted molar refractivity (Wildman–Crippen MR) is 149 cm³/mol. The Morgan fingerprint density at radius 1 is 0.865 bits per heavy atom. The minimum Gasteiger partial charge on any atom is -0.460 e. The molecule has 0 aromatic heterocycles. The molecule has 0 radical (unpaired) electrons. The quantitative estimate of drug-likeness (QED) is 0.0861. The van der Waals surface area contributed by atoms with Gasteiger partial charge in [-0.25, -0.2) is 9.59 Å². The van der Waals surface area contributed by atoms with Crippen molar-refractivity contribution in [1.82, 2.24) is 5.32 Å². The number of ether oxygens (including phenoxy) is 3. The SMILES string of the molecule is C=C(C(=O)OCCNC(=O)OC(C)(C)CCCCCC(=O)OC(C)(C)CC(CC)CCCC)C(C)(C)C. The molecular formula is C30H55NO6. The molecule has 0 aromatic rings. The van der Waals surface area contributed by atoms with Gasteiger partial charge in [-0.15, -0.1) is 0 Å². The van der Waals surface area contributed by atoms with Gasteiger partial charge in [0, 0.05) is 12.0 Å². The number of carbonyl (C=O) groups is 3. The Bertz CT molecular complexity index is 720. The molecule has 0 aliphatic rings. The van der Waals surface area contributed by atoms with Crippen LogP contribution in [0.1, 0.15) is 127 Å². The van der Waals surface area contributed by atoms with E-state index in [1.807, 2.05) is 48.5 Å². The van der Waals surface area contributed by atoms with Crippen molar-refractivity contribution in [2.24, 2.45) is 11.3 Å². The van der Waals surface area contributed by atoms with Gasteiger partial charge >= 0.3 is 18.0 Å². The van der Waals surface area contributed by atoms with Crippen LogP contribution in [-0.2, 0) is 23.8 Å². The summed E-state index contributed by atoms with van der Waals surface area (Å²) in [5.41, 5.74) is -1.05. The van der Waals surface area contributed by atoms with Gasteiger partial charge in [0.25, 0.3) is 0 Å². The second-order valence-corrected chi connectivity index (χ2v) is 12.4. The highest BCUT2D eigenvalue weighted by Gasteiger charge is 2.27. The van der Waals surface area contributed by atoms with Crippen LogP contribution in [0, 0.1) is 11.3 Å². The molecule has 0 rings (SSSR count). The van der Waals surface area contributed by atoms with Crippen LogP contribution in [0.25, 0.3) is 0 Å². The van der Waals surface area contributed by atoms with E-state index >= 15 is 0 Å². The van der Waals surface area contributed by atoms with Gasteiger partial charge in [0.15, 0.2) is 0 Å². The van der Waals surface area contributed by atoms with Crippen molar-refractivity contribution < 1.29 is 28.6 Å². The van der Waals surface area contributed by atoms with E-state index in [1.165, 1.54) is 19.3 Å². The van der Waals surface area contributed by atoms with Crippen molar-refractivity contribution in [3.63, 3.8) is 0 Å². The number of alkyl carbamates (subject to hydrolysis) is 1. The van der Waals surface area contributed by atoms with Gasteiger partial charge in [0.05, 0.1) is 6.54 Å². The zero-order chi connectivity index (χ0) is 28.7. The van der Waals surface area contributed by atoms with E-state index in [-0.39, 0.29) is 24.5 Å². The molecule has 7 heteroatoms. The Balaban J connectivity index is 4.16. The summed E-state index contributed by atoms with van der Waals surface area (Å²) < 4.78 is 16.4. The van der Waals surface area contributed by atoms with E-state index in [0.717, 1.165) is 32.1 Å². The molecule has 0 saturated carbocycles. The average molecular weight is 526 g/mol. The molecule has 1 atom stereocenters. The van der Waals surface area contributed by atoms with E-state index in [4.69, 9.17) is 14.2 Å². The summed E-state index contributed by atoms with van der Waals surface area (Å²) in [5, 5.41) is 2.61. The number of unbranched alkanes of at least 4 members (excludes halogenated alkanes) is 3. The van der Waals surface area contributed by atoms with Crippen molar-refractivity contribution in [3.8, 4) is 0 Å². The average Bonchev–Trinajstić information content (AvgIpc) is 2.77. The molecule has 0 saturated heterocycles. The van der Waals surface area contributed by atoms with Gasteiger partial charge in [-0.2, -0.15) is 0 Å². The van der Waals surface area contributed by atoms with Crippen LogP contribution in [0.15, 0.2) is 12.2 Å². The van der Waals surface area contributed by atoms with Gasteiger partial charge in [0.1, 0.15) is 17.8 Å². The van der Waals surface area contributed by atoms with Crippen LogP contribution in [0.5, 0.6) is 0 Å². The Hall–Kier alpha value is -2.05. The summed E-state index contributed by atoms with van der Waals surface area (Å²) in [5.74, 6) is -0.0183. The lowest BCUT2D eigenvalue weighted by atomic mass is 9.87. The molecular weight excluding hydrogens is 470 g/mol. The summed E-state index contributed by atoms with van der Waals surface area (Å²) in [6.45, 7) is 21.8. The summed E-state index contributed by atoms with van der Waals surface area (Å²) in [7, 11) is 0. The van der Waals surface area contributed by atoms with E-state index in [9.17, 15) is 14.4 Å². The molecule has 0 aliphatic carbocycles. The highest BCUT2D eigenvalue weighted by Crippen LogP contribution is 2.28. The fraction of sp³-hybridized carbons (Fsp3) is 0.833. The molecule has 0 bridgehead atoms. The van der Waals surface area contributed by atoms with Crippen molar-refractivity contribution in [2.75, 3.05) is 13.2 Å². The number of hydrogen-bond acceptors (Lipinski definition) is 6. The maximum absolute atomic E-state index is 12.4. The van der Waals surface area contributed by atoms with Crippen LogP contribution in [0.3, 0.4) is 0 Å². The second-order valence-electron chi connectivity index (χ2n) is 12.4. The molecule has 216 valence electrons. The van der Waals surface area contributed by atoms with E-state index in [0.29, 0.717) is 24.3 Å². The summed E-state index contributed by atoms with van der Waals surface area (Å²) >= 11 is 0. The first-order valence-electron chi connectivity index (χ1n) is 14.1. The number of esters is 2. The lowest BCUT2D eigenvalue weighted by Gasteiger charge is -2.29. The number of rotatable bonds is 18. The van der Waals surface area contributed by atoms with Gasteiger partial charge in [0.2, 0.25) is 0 Å². The number of hydrogen-bond donors (Lipinski definition) is 1. The van der Waals surface area contributed by atoms with Crippen LogP contribution in [0.2, 0.25) is 0 Å². The summed E-state index contributed by atoms with van der Waals surface area (Å²) in [4.78, 5) is 36.4. The molecule has 0 aromatic carbocycles. The Kier molecular flexibility index (Phi) is 15.8. The van der Waals surface area contributed by atoms with Crippen LogP contribution < -0.4 is 5.32 Å². The normalized spacial score (nSPS) is 13.0. The Labute approximate surface area is 226 Å². The van der Waals surface area contributed by atoms with Gasteiger partial charge < -0.3 is 19.5 Å². The van der Waals surface area contributed by atoms with E-state index in [1.54, 1.807) is 0 Å². The molecule has 0 aliphatic heterocycles. The zero-order valence-electron chi connectivity index (χ0n) is 25.2. The third kappa shape index (κ3) is 17.2. The minimum absolute atomic E-state index is 0.0498. The summed E-state index contributed by atoms with van der Waals surface area (Å²) in [6, 6.07) is 0. The third-order valence-electron chi connectivity index (χ3n) is 6.50. The third-order valence-corrected chi connectivity index (χ3v) is 6.50. The fourth-order valence-electron chi connectivity index (χ4n) is 4.06. The Morgan fingerprint density at radius 2 is 1.51 bits per heavy atom. The zero-order valence-corrected chi connectivity index (χ0v) is 25.2. The number of carbonyl (C=O) groups excluding carboxylic acids is 3. The van der Waals surface area contributed by atoms with Crippen molar-refractivity contribution in [1.29, 1.82) is 0 Å². The summed E-state index contributed by atoms with van der Waals surface area (Å²) in [6.07, 6.45) is 8.56. The van der Waals surface area contributed by atoms with Gasteiger partial charge in [-0.1, -0.05) is 73.3 Å². The maximum Gasteiger partial charge on any atom is 0.407 e. The van der Waals surface area contributed by atoms with Crippen molar-refractivity contribution in [3.05, 3.63) is 12.2 Å². The smallest absolute Gasteiger partial charge is 0.407 e. The molecule has 1 N–H and O–H groups in total. The van der Waals surface area contributed by atoms with Crippen LogP contribution in [0.4, 0.5) is 4.79 Å². The standard InChI is InChI=1S/C30H55NO6/c1-11-13-17-24(12-2)22-30(9,10)36-25(32)18-15-14-16-19-29(7,8)37-27(34)31-20-21-35-26(33)23(3)28(4,5)6/h24H,3,11-22H2,1-2,4-10H3,(H,31,34). The van der Waals surface area contributed by atoms with E-state index < -0.39 is 23.3 Å². The molecule has 0 heterocycles. The maximum atomic E-state index is 12.4. The first kappa shape index (κ1) is 35.0. The molecule has 1 unspecified atom stereocenters. The van der Waals surface area contributed by atoms with Crippen LogP contribution >= 0.6 is 0 Å². The first-order valence-corrected chi connectivity index (χ1v) is 14.1. The van der Waals surface area contributed by atoms with Gasteiger partial charge in [-0.3, -0.25) is 4.79 Å². The molecule has 37 heavy (non-hydrogen) atoms. The number of nitrogens with one attached hydrogen (secondary N) is 1. The fourth-order valence-corrected chi connectivity index (χ4v) is 4.06. The van der Waals surface area contributed by atoms with Crippen molar-refractivity contribution in [2.45, 2.75) is 138 Å². The highest BCUT2D eigenvalue weighted by molar-refractivity contribution is 5.89. The Morgan fingerprint density at radius 3 is 2.08 bits per heavy atom.